The van der Waals surface area contributed by atoms with Crippen LogP contribution in [-0.2, 0) is 0 Å². The molecule has 67 heavy (non-hydrogen) atoms. The average Bonchev–Trinajstić information content (AvgIpc) is 3.36. The number of aliphatic imine (C=N–C) groups is 2. The smallest absolute Gasteiger partial charge is 0.343 e. The predicted octanol–water partition coefficient (Wildman–Crippen LogP) is 14.3. The first-order chi connectivity index (χ1) is 32.8. The van der Waals surface area contributed by atoms with Gasteiger partial charge in [0, 0.05) is 12.4 Å². The molecule has 0 spiro atoms. The van der Waals surface area contributed by atoms with E-state index in [4.69, 9.17) is 23.7 Å². The molecule has 0 aliphatic heterocycles. The Balaban J connectivity index is 0.887. The van der Waals surface area contributed by atoms with Crippen LogP contribution in [0.5, 0.6) is 28.7 Å². The van der Waals surface area contributed by atoms with Crippen molar-refractivity contribution < 1.29 is 38.1 Å². The van der Waals surface area contributed by atoms with Crippen LogP contribution in [0.1, 0.15) is 133 Å². The van der Waals surface area contributed by atoms with Gasteiger partial charge in [-0.05, 0) is 157 Å². The van der Waals surface area contributed by atoms with E-state index in [-0.39, 0.29) is 0 Å². The first-order valence-electron chi connectivity index (χ1n) is 23.5. The van der Waals surface area contributed by atoms with E-state index in [1.807, 2.05) is 0 Å². The first-order valence-corrected chi connectivity index (χ1v) is 23.5. The average molecular weight is 901 g/mol. The third-order valence-corrected chi connectivity index (χ3v) is 10.8. The number of ether oxygens (including phenoxy) is 5. The Hall–Kier alpha value is -7.33. The van der Waals surface area contributed by atoms with Crippen LogP contribution < -0.4 is 23.7 Å². The van der Waals surface area contributed by atoms with E-state index in [2.05, 4.69) is 23.8 Å². The summed E-state index contributed by atoms with van der Waals surface area (Å²) in [7, 11) is 0. The molecule has 0 aliphatic rings. The maximum Gasteiger partial charge on any atom is 0.343 e. The highest BCUT2D eigenvalue weighted by atomic mass is 16.5. The second-order valence-corrected chi connectivity index (χ2v) is 16.1. The first kappa shape index (κ1) is 49.1. The highest BCUT2D eigenvalue weighted by Crippen LogP contribution is 2.23. The Bertz CT molecular complexity index is 2480. The van der Waals surface area contributed by atoms with Gasteiger partial charge in [0.1, 0.15) is 28.7 Å². The van der Waals surface area contributed by atoms with Crippen LogP contribution in [0.3, 0.4) is 0 Å². The molecule has 10 nitrogen and oxygen atoms in total. The van der Waals surface area contributed by atoms with Crippen molar-refractivity contribution in [3.8, 4) is 28.7 Å². The molecule has 0 aliphatic carbocycles. The van der Waals surface area contributed by atoms with Gasteiger partial charge in [-0.15, -0.1) is 0 Å². The van der Waals surface area contributed by atoms with Gasteiger partial charge in [-0.3, -0.25) is 9.98 Å². The third-order valence-electron chi connectivity index (χ3n) is 10.8. The zero-order valence-electron chi connectivity index (χ0n) is 38.6. The number of unbranched alkanes of at least 4 members (excludes halogenated alkanes) is 10. The van der Waals surface area contributed by atoms with Gasteiger partial charge < -0.3 is 23.7 Å². The Kier molecular flexibility index (Phi) is 20.0. The van der Waals surface area contributed by atoms with Gasteiger partial charge >= 0.3 is 17.9 Å². The summed E-state index contributed by atoms with van der Waals surface area (Å²) >= 11 is 0. The van der Waals surface area contributed by atoms with E-state index in [0.717, 1.165) is 48.3 Å². The van der Waals surface area contributed by atoms with E-state index in [1.54, 1.807) is 158 Å². The lowest BCUT2D eigenvalue weighted by Crippen LogP contribution is -2.08. The number of benzene rings is 6. The third kappa shape index (κ3) is 17.2. The SMILES string of the molecule is CCCCCCCCOc1ccc(C(=O)Oc2ccc(N=Cc3ccc(OC(=O)c4ccc(C=Nc5ccc(OC(=O)c6ccc(OCCCCCCCC)cc6)cc5)cc4)cc3)cc2)cc1. The summed E-state index contributed by atoms with van der Waals surface area (Å²) in [5, 5.41) is 0. The van der Waals surface area contributed by atoms with Gasteiger partial charge in [0.25, 0.3) is 0 Å². The molecule has 0 N–H and O–H groups in total. The highest BCUT2D eigenvalue weighted by Gasteiger charge is 2.12. The van der Waals surface area contributed by atoms with Crippen LogP contribution in [0.2, 0.25) is 0 Å². The Morgan fingerprint density at radius 2 is 0.642 bits per heavy atom. The van der Waals surface area contributed by atoms with Crippen molar-refractivity contribution in [3.05, 3.63) is 173 Å². The molecule has 0 heterocycles. The summed E-state index contributed by atoms with van der Waals surface area (Å²) in [5.41, 5.74) is 4.20. The molecule has 0 radical (unpaired) electrons. The normalized spacial score (nSPS) is 11.1. The summed E-state index contributed by atoms with van der Waals surface area (Å²) in [5.74, 6) is 1.28. The highest BCUT2D eigenvalue weighted by molar-refractivity contribution is 5.93. The topological polar surface area (TPSA) is 122 Å². The molecular formula is C57H60N2O8. The largest absolute Gasteiger partial charge is 0.494 e. The molecule has 10 heteroatoms. The minimum absolute atomic E-state index is 0.389. The zero-order chi connectivity index (χ0) is 46.9. The van der Waals surface area contributed by atoms with Crippen LogP contribution in [0, 0.1) is 0 Å². The van der Waals surface area contributed by atoms with Crippen LogP contribution in [0.25, 0.3) is 0 Å². The zero-order valence-corrected chi connectivity index (χ0v) is 38.6. The minimum atomic E-state index is -0.492. The van der Waals surface area contributed by atoms with E-state index in [0.29, 0.717) is 58.5 Å². The lowest BCUT2D eigenvalue weighted by atomic mass is 10.1. The molecule has 0 saturated carbocycles. The number of hydrogen-bond acceptors (Lipinski definition) is 10. The van der Waals surface area contributed by atoms with Crippen LogP contribution in [0.4, 0.5) is 11.4 Å². The lowest BCUT2D eigenvalue weighted by Gasteiger charge is -2.08. The van der Waals surface area contributed by atoms with Crippen LogP contribution >= 0.6 is 0 Å². The van der Waals surface area contributed by atoms with Gasteiger partial charge in [-0.2, -0.15) is 0 Å². The maximum atomic E-state index is 12.9. The summed E-state index contributed by atoms with van der Waals surface area (Å²) < 4.78 is 28.4. The summed E-state index contributed by atoms with van der Waals surface area (Å²) in [6, 6.07) is 41.7. The monoisotopic (exact) mass is 900 g/mol. The van der Waals surface area contributed by atoms with Gasteiger partial charge in [0.15, 0.2) is 0 Å². The van der Waals surface area contributed by atoms with Crippen molar-refractivity contribution >= 4 is 41.7 Å². The lowest BCUT2D eigenvalue weighted by molar-refractivity contribution is 0.0725. The maximum absolute atomic E-state index is 12.9. The van der Waals surface area contributed by atoms with Gasteiger partial charge in [-0.25, -0.2) is 14.4 Å². The molecule has 0 unspecified atom stereocenters. The van der Waals surface area contributed by atoms with Crippen LogP contribution in [0.15, 0.2) is 156 Å². The predicted molar refractivity (Wildman–Crippen MR) is 266 cm³/mol. The molecule has 0 saturated heterocycles. The fourth-order valence-electron chi connectivity index (χ4n) is 6.84. The van der Waals surface area contributed by atoms with Crippen molar-refractivity contribution in [1.82, 2.24) is 0 Å². The van der Waals surface area contributed by atoms with E-state index in [1.165, 1.54) is 51.4 Å². The number of hydrogen-bond donors (Lipinski definition) is 0. The van der Waals surface area contributed by atoms with Gasteiger partial charge in [0.05, 0.1) is 41.3 Å². The van der Waals surface area contributed by atoms with E-state index in [9.17, 15) is 14.4 Å². The second kappa shape index (κ2) is 27.2. The molecule has 0 fully saturated rings. The quantitative estimate of drug-likeness (QED) is 0.0228. The molecule has 0 aromatic heterocycles. The fourth-order valence-corrected chi connectivity index (χ4v) is 6.84. The molecule has 346 valence electrons. The summed E-state index contributed by atoms with van der Waals surface area (Å²) in [4.78, 5) is 47.4. The Labute approximate surface area is 394 Å². The van der Waals surface area contributed by atoms with E-state index < -0.39 is 17.9 Å². The van der Waals surface area contributed by atoms with Crippen molar-refractivity contribution in [2.45, 2.75) is 90.9 Å². The molecule has 0 bridgehead atoms. The standard InChI is InChI=1S/C57H60N2O8/c1-3-5-7-9-11-13-39-63-50-31-21-46(22-32-50)56(61)66-53-35-25-48(26-36-53)58-41-43-15-19-45(20-16-43)55(60)65-52-29-17-44(18-30-52)42-59-49-27-37-54(38-28-49)67-57(62)47-23-33-51(34-24-47)64-40-14-12-10-8-6-4-2/h15-38,41-42H,3-14,39-40H2,1-2H3. The molecule has 6 aromatic rings. The number of rotatable bonds is 26. The number of carbonyl (C=O) groups is 3. The molecule has 0 amide bonds. The number of nitrogens with zero attached hydrogens (tertiary/aromatic N) is 2. The summed E-state index contributed by atoms with van der Waals surface area (Å²) in [6.07, 6.45) is 17.8. The van der Waals surface area contributed by atoms with Crippen molar-refractivity contribution in [2.24, 2.45) is 9.98 Å². The number of esters is 3. The van der Waals surface area contributed by atoms with Crippen molar-refractivity contribution in [3.63, 3.8) is 0 Å². The minimum Gasteiger partial charge on any atom is -0.494 e. The van der Waals surface area contributed by atoms with Crippen molar-refractivity contribution in [2.75, 3.05) is 13.2 Å². The molecule has 6 aromatic carbocycles. The van der Waals surface area contributed by atoms with Crippen LogP contribution in [-0.4, -0.2) is 43.6 Å². The Morgan fingerprint density at radius 1 is 0.358 bits per heavy atom. The van der Waals surface area contributed by atoms with E-state index >= 15 is 0 Å². The molecule has 0 atom stereocenters. The fraction of sp³-hybridized carbons (Fsp3) is 0.281. The second-order valence-electron chi connectivity index (χ2n) is 16.1. The summed E-state index contributed by atoms with van der Waals surface area (Å²) in [6.45, 7) is 5.76. The van der Waals surface area contributed by atoms with Gasteiger partial charge in [0.2, 0.25) is 0 Å². The van der Waals surface area contributed by atoms with Crippen molar-refractivity contribution in [1.29, 1.82) is 0 Å². The molecular weight excluding hydrogens is 841 g/mol. The number of carbonyl (C=O) groups excluding carboxylic acids is 3. The molecule has 6 rings (SSSR count). The van der Waals surface area contributed by atoms with Gasteiger partial charge in [-0.1, -0.05) is 90.2 Å². The Morgan fingerprint density at radius 3 is 1.00 bits per heavy atom.